The number of piperidine rings is 1. The van der Waals surface area contributed by atoms with Crippen LogP contribution in [-0.2, 0) is 14.3 Å². The van der Waals surface area contributed by atoms with E-state index in [0.717, 1.165) is 5.56 Å². The smallest absolute Gasteiger partial charge is 0.332 e. The molecule has 0 radical (unpaired) electrons. The minimum absolute atomic E-state index is 0.134. The molecule has 1 aliphatic heterocycles. The number of ether oxygens (including phenoxy) is 1. The zero-order valence-electron chi connectivity index (χ0n) is 11.3. The highest BCUT2D eigenvalue weighted by molar-refractivity contribution is 5.86. The van der Waals surface area contributed by atoms with Gasteiger partial charge >= 0.3 is 5.97 Å². The summed E-state index contributed by atoms with van der Waals surface area (Å²) in [6.07, 6.45) is 2.08. The van der Waals surface area contributed by atoms with E-state index < -0.39 is 5.97 Å². The Bertz CT molecular complexity index is 551. The molecule has 1 saturated heterocycles. The predicted molar refractivity (Wildman–Crippen MR) is 72.9 cm³/mol. The second kappa shape index (κ2) is 6.23. The van der Waals surface area contributed by atoms with Gasteiger partial charge in [0.15, 0.2) is 0 Å². The highest BCUT2D eigenvalue weighted by Gasteiger charge is 2.26. The number of esters is 1. The van der Waals surface area contributed by atoms with E-state index in [-0.39, 0.29) is 24.0 Å². The molecule has 5 heteroatoms. The van der Waals surface area contributed by atoms with E-state index >= 15 is 0 Å². The number of phenols is 1. The molecule has 106 valence electrons. The zero-order valence-corrected chi connectivity index (χ0v) is 11.3. The topological polar surface area (TPSA) is 75.6 Å². The highest BCUT2D eigenvalue weighted by Crippen LogP contribution is 2.34. The summed E-state index contributed by atoms with van der Waals surface area (Å²) in [6, 6.07) is 6.94. The zero-order chi connectivity index (χ0) is 14.5. The second-order valence-electron chi connectivity index (χ2n) is 4.63. The van der Waals surface area contributed by atoms with Crippen molar-refractivity contribution in [1.82, 2.24) is 5.32 Å². The Labute approximate surface area is 117 Å². The van der Waals surface area contributed by atoms with Crippen LogP contribution in [0.15, 0.2) is 36.0 Å². The summed E-state index contributed by atoms with van der Waals surface area (Å²) in [5, 5.41) is 12.5. The number of benzene rings is 1. The van der Waals surface area contributed by atoms with E-state index in [1.54, 1.807) is 25.1 Å². The summed E-state index contributed by atoms with van der Waals surface area (Å²) < 4.78 is 4.83. The van der Waals surface area contributed by atoms with Crippen molar-refractivity contribution < 1.29 is 19.4 Å². The van der Waals surface area contributed by atoms with Gasteiger partial charge < -0.3 is 15.2 Å². The normalized spacial score (nSPS) is 20.6. The maximum Gasteiger partial charge on any atom is 0.332 e. The van der Waals surface area contributed by atoms with Gasteiger partial charge in [0.05, 0.1) is 6.61 Å². The monoisotopic (exact) mass is 275 g/mol. The molecule has 1 atom stereocenters. The number of aromatic hydroxyl groups is 1. The number of rotatable bonds is 3. The number of carbonyl (C=O) groups excluding carboxylic acids is 2. The van der Waals surface area contributed by atoms with Crippen LogP contribution >= 0.6 is 0 Å². The molecule has 1 aromatic rings. The van der Waals surface area contributed by atoms with Crippen molar-refractivity contribution in [3.05, 3.63) is 41.6 Å². The van der Waals surface area contributed by atoms with Crippen LogP contribution in [0.25, 0.3) is 0 Å². The van der Waals surface area contributed by atoms with Crippen molar-refractivity contribution in [2.75, 3.05) is 6.61 Å². The fourth-order valence-electron chi connectivity index (χ4n) is 2.32. The van der Waals surface area contributed by atoms with Gasteiger partial charge in [-0.2, -0.15) is 0 Å². The van der Waals surface area contributed by atoms with Crippen LogP contribution in [0.4, 0.5) is 0 Å². The SMILES string of the molecule is CCOC(=O)C=C1CC(c2ccccc2O)CC(=O)N1. The van der Waals surface area contributed by atoms with Crippen LogP contribution in [0.5, 0.6) is 5.75 Å². The molecule has 0 saturated carbocycles. The van der Waals surface area contributed by atoms with Crippen molar-refractivity contribution in [2.45, 2.75) is 25.7 Å². The third-order valence-electron chi connectivity index (χ3n) is 3.15. The van der Waals surface area contributed by atoms with Crippen molar-refractivity contribution in [3.8, 4) is 5.75 Å². The molecule has 1 fully saturated rings. The van der Waals surface area contributed by atoms with Gasteiger partial charge in [0, 0.05) is 24.1 Å². The molecule has 5 nitrogen and oxygen atoms in total. The van der Waals surface area contributed by atoms with Gasteiger partial charge in [0.25, 0.3) is 0 Å². The molecule has 0 bridgehead atoms. The maximum absolute atomic E-state index is 11.7. The first kappa shape index (κ1) is 14.1. The Balaban J connectivity index is 2.19. The summed E-state index contributed by atoms with van der Waals surface area (Å²) in [6.45, 7) is 2.01. The Morgan fingerprint density at radius 1 is 1.45 bits per heavy atom. The average molecular weight is 275 g/mol. The Morgan fingerprint density at radius 3 is 2.90 bits per heavy atom. The molecular formula is C15H17NO4. The Kier molecular flexibility index (Phi) is 4.40. The van der Waals surface area contributed by atoms with Gasteiger partial charge in [-0.3, -0.25) is 4.79 Å². The van der Waals surface area contributed by atoms with Gasteiger partial charge in [-0.1, -0.05) is 18.2 Å². The van der Waals surface area contributed by atoms with E-state index in [1.807, 2.05) is 6.07 Å². The number of phenolic OH excluding ortho intramolecular Hbond substituents is 1. The molecule has 0 spiro atoms. The first-order valence-corrected chi connectivity index (χ1v) is 6.55. The summed E-state index contributed by atoms with van der Waals surface area (Å²) in [4.78, 5) is 23.2. The van der Waals surface area contributed by atoms with Crippen molar-refractivity contribution in [2.24, 2.45) is 0 Å². The maximum atomic E-state index is 11.7. The van der Waals surface area contributed by atoms with E-state index in [2.05, 4.69) is 5.32 Å². The van der Waals surface area contributed by atoms with Crippen molar-refractivity contribution >= 4 is 11.9 Å². The van der Waals surface area contributed by atoms with Gasteiger partial charge in [0.1, 0.15) is 5.75 Å². The molecule has 20 heavy (non-hydrogen) atoms. The predicted octanol–water partition coefficient (Wildman–Crippen LogP) is 1.83. The third-order valence-corrected chi connectivity index (χ3v) is 3.15. The molecule has 0 aliphatic carbocycles. The highest BCUT2D eigenvalue weighted by atomic mass is 16.5. The fraction of sp³-hybridized carbons (Fsp3) is 0.333. The summed E-state index contributed by atoms with van der Waals surface area (Å²) in [5.74, 6) is -0.603. The summed E-state index contributed by atoms with van der Waals surface area (Å²) >= 11 is 0. The van der Waals surface area contributed by atoms with E-state index in [0.29, 0.717) is 18.7 Å². The minimum atomic E-state index is -0.472. The first-order chi connectivity index (χ1) is 9.60. The molecule has 2 rings (SSSR count). The molecule has 1 aromatic carbocycles. The van der Waals surface area contributed by atoms with Crippen LogP contribution in [-0.4, -0.2) is 23.6 Å². The van der Waals surface area contributed by atoms with E-state index in [1.165, 1.54) is 6.08 Å². The van der Waals surface area contributed by atoms with Crippen molar-refractivity contribution in [3.63, 3.8) is 0 Å². The Hall–Kier alpha value is -2.30. The average Bonchev–Trinajstić information content (AvgIpc) is 2.38. The lowest BCUT2D eigenvalue weighted by Gasteiger charge is -2.25. The third kappa shape index (κ3) is 3.38. The molecule has 0 aromatic heterocycles. The van der Waals surface area contributed by atoms with Crippen LogP contribution in [0.3, 0.4) is 0 Å². The second-order valence-corrected chi connectivity index (χ2v) is 4.63. The standard InChI is InChI=1S/C15H17NO4/c1-2-20-15(19)9-11-7-10(8-14(18)16-11)12-5-3-4-6-13(12)17/h3-6,9-10,17H,2,7-8H2,1H3,(H,16,18). The largest absolute Gasteiger partial charge is 0.508 e. The number of allylic oxidation sites excluding steroid dienone is 1. The van der Waals surface area contributed by atoms with Gasteiger partial charge in [-0.25, -0.2) is 4.79 Å². The van der Waals surface area contributed by atoms with Crippen LogP contribution in [0.2, 0.25) is 0 Å². The molecule has 1 heterocycles. The first-order valence-electron chi connectivity index (χ1n) is 6.55. The van der Waals surface area contributed by atoms with Crippen LogP contribution in [0, 0.1) is 0 Å². The van der Waals surface area contributed by atoms with Gasteiger partial charge in [-0.05, 0) is 25.0 Å². The Morgan fingerprint density at radius 2 is 2.20 bits per heavy atom. The quantitative estimate of drug-likeness (QED) is 0.652. The van der Waals surface area contributed by atoms with Crippen LogP contribution < -0.4 is 5.32 Å². The summed E-state index contributed by atoms with van der Waals surface area (Å²) in [7, 11) is 0. The van der Waals surface area contributed by atoms with Crippen LogP contribution in [0.1, 0.15) is 31.2 Å². The minimum Gasteiger partial charge on any atom is -0.508 e. The molecule has 1 aliphatic rings. The molecular weight excluding hydrogens is 258 g/mol. The number of para-hydroxylation sites is 1. The lowest BCUT2D eigenvalue weighted by molar-refractivity contribution is -0.137. The van der Waals surface area contributed by atoms with Gasteiger partial charge in [0.2, 0.25) is 5.91 Å². The van der Waals surface area contributed by atoms with E-state index in [9.17, 15) is 14.7 Å². The number of nitrogens with one attached hydrogen (secondary N) is 1. The lowest BCUT2D eigenvalue weighted by atomic mass is 9.87. The van der Waals surface area contributed by atoms with Crippen molar-refractivity contribution in [1.29, 1.82) is 0 Å². The van der Waals surface area contributed by atoms with E-state index in [4.69, 9.17) is 4.74 Å². The number of hydrogen-bond acceptors (Lipinski definition) is 4. The molecule has 2 N–H and O–H groups in total. The van der Waals surface area contributed by atoms with Gasteiger partial charge in [-0.15, -0.1) is 0 Å². The molecule has 1 amide bonds. The number of carbonyl (C=O) groups is 2. The fourth-order valence-corrected chi connectivity index (χ4v) is 2.32. The lowest BCUT2D eigenvalue weighted by Crippen LogP contribution is -2.31. The molecule has 1 unspecified atom stereocenters. The number of hydrogen-bond donors (Lipinski definition) is 2. The summed E-state index contributed by atoms with van der Waals surface area (Å²) in [5.41, 5.74) is 1.24. The number of amides is 1.